The topological polar surface area (TPSA) is 58.3 Å². The van der Waals surface area contributed by atoms with Crippen LogP contribution < -0.4 is 11.1 Å². The molecule has 1 aromatic carbocycles. The normalized spacial score (nSPS) is 12.9. The first-order valence-electron chi connectivity index (χ1n) is 5.28. The zero-order chi connectivity index (χ0) is 11.4. The lowest BCUT2D eigenvalue weighted by Crippen LogP contribution is -2.19. The monoisotopic (exact) mass is 208 g/mol. The number of nitrogens with one attached hydrogen (secondary N) is 1. The smallest absolute Gasteiger partial charge is 0.0625 e. The molecule has 0 aromatic heterocycles. The van der Waals surface area contributed by atoms with Crippen LogP contribution in [0, 0.1) is 6.92 Å². The highest BCUT2D eigenvalue weighted by atomic mass is 16.3. The minimum Gasteiger partial charge on any atom is -0.394 e. The first kappa shape index (κ1) is 12.0. The van der Waals surface area contributed by atoms with Gasteiger partial charge in [-0.05, 0) is 38.0 Å². The lowest BCUT2D eigenvalue weighted by Gasteiger charge is -2.18. The average Bonchev–Trinajstić information content (AvgIpc) is 2.16. The molecule has 0 fully saturated rings. The van der Waals surface area contributed by atoms with Crippen molar-refractivity contribution in [3.63, 3.8) is 0 Å². The minimum atomic E-state index is -0.313. The number of anilines is 1. The maximum absolute atomic E-state index is 9.06. The number of nitrogens with two attached hydrogens (primary N) is 1. The summed E-state index contributed by atoms with van der Waals surface area (Å²) in [5, 5.41) is 12.4. The molecule has 3 heteroatoms. The number of aliphatic hydroxyl groups excluding tert-OH is 1. The summed E-state index contributed by atoms with van der Waals surface area (Å²) in [6.45, 7) is 6.17. The van der Waals surface area contributed by atoms with Crippen molar-refractivity contribution in [2.45, 2.75) is 32.9 Å². The van der Waals surface area contributed by atoms with Gasteiger partial charge in [0.05, 0.1) is 12.6 Å². The molecule has 84 valence electrons. The second-order valence-electron chi connectivity index (χ2n) is 4.18. The number of benzene rings is 1. The molecule has 4 N–H and O–H groups in total. The van der Waals surface area contributed by atoms with E-state index >= 15 is 0 Å². The Labute approximate surface area is 91.3 Å². The third-order valence-electron chi connectivity index (χ3n) is 2.25. The van der Waals surface area contributed by atoms with E-state index in [1.54, 1.807) is 0 Å². The van der Waals surface area contributed by atoms with Crippen LogP contribution in [0.5, 0.6) is 0 Å². The summed E-state index contributed by atoms with van der Waals surface area (Å²) in [6.07, 6.45) is 0. The Morgan fingerprint density at radius 3 is 2.60 bits per heavy atom. The molecule has 0 spiro atoms. The lowest BCUT2D eigenvalue weighted by molar-refractivity contribution is 0.268. The second-order valence-corrected chi connectivity index (χ2v) is 4.18. The molecule has 0 aliphatic rings. The maximum atomic E-state index is 9.06. The van der Waals surface area contributed by atoms with Gasteiger partial charge in [0, 0.05) is 11.7 Å². The van der Waals surface area contributed by atoms with Crippen LogP contribution in [0.1, 0.15) is 31.0 Å². The van der Waals surface area contributed by atoms with Gasteiger partial charge >= 0.3 is 0 Å². The van der Waals surface area contributed by atoms with Gasteiger partial charge in [0.25, 0.3) is 0 Å². The van der Waals surface area contributed by atoms with Crippen molar-refractivity contribution < 1.29 is 5.11 Å². The van der Waals surface area contributed by atoms with Crippen molar-refractivity contribution in [1.29, 1.82) is 0 Å². The predicted molar refractivity (Wildman–Crippen MR) is 64.0 cm³/mol. The van der Waals surface area contributed by atoms with Crippen LogP contribution in [0.2, 0.25) is 0 Å². The zero-order valence-corrected chi connectivity index (χ0v) is 9.62. The summed E-state index contributed by atoms with van der Waals surface area (Å²) >= 11 is 0. The van der Waals surface area contributed by atoms with Crippen LogP contribution in [0.4, 0.5) is 5.69 Å². The van der Waals surface area contributed by atoms with Gasteiger partial charge < -0.3 is 16.2 Å². The summed E-state index contributed by atoms with van der Waals surface area (Å²) in [4.78, 5) is 0. The summed E-state index contributed by atoms with van der Waals surface area (Å²) in [6, 6.07) is 6.09. The highest BCUT2D eigenvalue weighted by Crippen LogP contribution is 2.23. The van der Waals surface area contributed by atoms with E-state index in [1.165, 1.54) is 5.56 Å². The number of aryl methyl sites for hydroxylation is 1. The van der Waals surface area contributed by atoms with Gasteiger partial charge in [0.2, 0.25) is 0 Å². The van der Waals surface area contributed by atoms with E-state index in [9.17, 15) is 0 Å². The Bertz CT molecular complexity index is 323. The van der Waals surface area contributed by atoms with Crippen LogP contribution in [0.25, 0.3) is 0 Å². The fourth-order valence-electron chi connectivity index (χ4n) is 1.53. The van der Waals surface area contributed by atoms with Crippen LogP contribution >= 0.6 is 0 Å². The van der Waals surface area contributed by atoms with Crippen LogP contribution in [-0.2, 0) is 0 Å². The molecule has 0 saturated carbocycles. The molecule has 15 heavy (non-hydrogen) atoms. The molecule has 0 bridgehead atoms. The Balaban J connectivity index is 3.02. The largest absolute Gasteiger partial charge is 0.394 e. The van der Waals surface area contributed by atoms with E-state index in [-0.39, 0.29) is 12.6 Å². The molecule has 3 nitrogen and oxygen atoms in total. The summed E-state index contributed by atoms with van der Waals surface area (Å²) in [7, 11) is 0. The zero-order valence-electron chi connectivity index (χ0n) is 9.62. The summed E-state index contributed by atoms with van der Waals surface area (Å²) < 4.78 is 0. The molecule has 0 heterocycles. The van der Waals surface area contributed by atoms with Crippen LogP contribution in [0.15, 0.2) is 18.2 Å². The van der Waals surface area contributed by atoms with Gasteiger partial charge in [0.1, 0.15) is 0 Å². The first-order valence-corrected chi connectivity index (χ1v) is 5.28. The number of aliphatic hydroxyl groups is 1. The van der Waals surface area contributed by atoms with Crippen LogP contribution in [0.3, 0.4) is 0 Å². The Morgan fingerprint density at radius 1 is 1.40 bits per heavy atom. The summed E-state index contributed by atoms with van der Waals surface area (Å²) in [5.41, 5.74) is 9.01. The molecule has 0 saturated heterocycles. The number of rotatable bonds is 4. The molecular weight excluding hydrogens is 188 g/mol. The number of hydrogen-bond acceptors (Lipinski definition) is 3. The van der Waals surface area contributed by atoms with E-state index in [1.807, 2.05) is 19.1 Å². The van der Waals surface area contributed by atoms with E-state index < -0.39 is 0 Å². The van der Waals surface area contributed by atoms with Crippen molar-refractivity contribution in [2.75, 3.05) is 11.9 Å². The fourth-order valence-corrected chi connectivity index (χ4v) is 1.53. The van der Waals surface area contributed by atoms with Gasteiger partial charge in [-0.1, -0.05) is 12.1 Å². The molecule has 0 aliphatic carbocycles. The fraction of sp³-hybridized carbons (Fsp3) is 0.500. The number of hydrogen-bond donors (Lipinski definition) is 3. The van der Waals surface area contributed by atoms with E-state index in [0.717, 1.165) is 11.3 Å². The standard InChI is InChI=1S/C12H20N2O/c1-8(2)14-12-6-9(3)4-5-10(12)11(13)7-15/h4-6,8,11,14-15H,7,13H2,1-3H3/t11-/m0/s1. The molecule has 0 aliphatic heterocycles. The molecule has 1 rings (SSSR count). The Hall–Kier alpha value is -1.06. The third kappa shape index (κ3) is 3.22. The van der Waals surface area contributed by atoms with Crippen molar-refractivity contribution in [3.05, 3.63) is 29.3 Å². The average molecular weight is 208 g/mol. The van der Waals surface area contributed by atoms with Crippen molar-refractivity contribution >= 4 is 5.69 Å². The maximum Gasteiger partial charge on any atom is 0.0625 e. The highest BCUT2D eigenvalue weighted by Gasteiger charge is 2.10. The lowest BCUT2D eigenvalue weighted by atomic mass is 10.0. The molecule has 0 radical (unpaired) electrons. The Morgan fingerprint density at radius 2 is 2.07 bits per heavy atom. The minimum absolute atomic E-state index is 0.0319. The predicted octanol–water partition coefficient (Wildman–Crippen LogP) is 1.81. The first-order chi connectivity index (χ1) is 7.04. The van der Waals surface area contributed by atoms with E-state index in [2.05, 4.69) is 25.2 Å². The molecule has 0 amide bonds. The van der Waals surface area contributed by atoms with Crippen LogP contribution in [-0.4, -0.2) is 17.8 Å². The molecule has 1 aromatic rings. The van der Waals surface area contributed by atoms with Gasteiger partial charge in [-0.2, -0.15) is 0 Å². The van der Waals surface area contributed by atoms with Crippen molar-refractivity contribution in [3.8, 4) is 0 Å². The Kier molecular flexibility index (Phi) is 4.12. The molecule has 1 atom stereocenters. The van der Waals surface area contributed by atoms with Gasteiger partial charge in [-0.15, -0.1) is 0 Å². The second kappa shape index (κ2) is 5.14. The van der Waals surface area contributed by atoms with Crippen molar-refractivity contribution in [2.24, 2.45) is 5.73 Å². The third-order valence-corrected chi connectivity index (χ3v) is 2.25. The molecule has 0 unspecified atom stereocenters. The van der Waals surface area contributed by atoms with Crippen molar-refractivity contribution in [1.82, 2.24) is 0 Å². The quantitative estimate of drug-likeness (QED) is 0.707. The summed E-state index contributed by atoms with van der Waals surface area (Å²) in [5.74, 6) is 0. The van der Waals surface area contributed by atoms with E-state index in [0.29, 0.717) is 6.04 Å². The molecular formula is C12H20N2O. The van der Waals surface area contributed by atoms with Gasteiger partial charge in [-0.25, -0.2) is 0 Å². The highest BCUT2D eigenvalue weighted by molar-refractivity contribution is 5.55. The van der Waals surface area contributed by atoms with Gasteiger partial charge in [0.15, 0.2) is 0 Å². The van der Waals surface area contributed by atoms with Gasteiger partial charge in [-0.3, -0.25) is 0 Å². The van der Waals surface area contributed by atoms with E-state index in [4.69, 9.17) is 10.8 Å². The SMILES string of the molecule is Cc1ccc([C@@H](N)CO)c(NC(C)C)c1.